The molecule has 0 aliphatic heterocycles. The van der Waals surface area contributed by atoms with Crippen molar-refractivity contribution in [1.29, 1.82) is 0 Å². The summed E-state index contributed by atoms with van der Waals surface area (Å²) in [5, 5.41) is 10.5. The zero-order valence-electron chi connectivity index (χ0n) is 10.3. The zero-order chi connectivity index (χ0) is 11.0. The largest absolute Gasteiger partial charge is 0.389 e. The van der Waals surface area contributed by atoms with E-state index >= 15 is 0 Å². The molecule has 0 amide bonds. The Morgan fingerprint density at radius 3 is 1.88 bits per heavy atom. The van der Waals surface area contributed by atoms with Crippen molar-refractivity contribution in [3.05, 3.63) is 0 Å². The molecule has 0 heterocycles. The highest BCUT2D eigenvalue weighted by Crippen LogP contribution is 2.36. The fraction of sp³-hybridized carbons (Fsp3) is 1.00. The van der Waals surface area contributed by atoms with Crippen molar-refractivity contribution >= 4 is 0 Å². The van der Waals surface area contributed by atoms with E-state index in [2.05, 4.69) is 4.90 Å². The van der Waals surface area contributed by atoms with Gasteiger partial charge in [-0.15, -0.1) is 0 Å². The minimum Gasteiger partial charge on any atom is -0.389 e. The van der Waals surface area contributed by atoms with Gasteiger partial charge in [0.05, 0.1) is 5.60 Å². The minimum absolute atomic E-state index is 0.330. The van der Waals surface area contributed by atoms with Crippen LogP contribution in [0.1, 0.15) is 51.4 Å². The molecule has 0 unspecified atom stereocenters. The van der Waals surface area contributed by atoms with E-state index in [0.29, 0.717) is 0 Å². The molecule has 0 aromatic carbocycles. The van der Waals surface area contributed by atoms with Crippen molar-refractivity contribution in [3.63, 3.8) is 0 Å². The van der Waals surface area contributed by atoms with Gasteiger partial charge in [0.15, 0.2) is 0 Å². The van der Waals surface area contributed by atoms with Crippen LogP contribution in [-0.4, -0.2) is 35.2 Å². The Bertz CT molecular complexity index is 225. The van der Waals surface area contributed by atoms with Gasteiger partial charge in [-0.3, -0.25) is 4.90 Å². The van der Waals surface area contributed by atoms with Gasteiger partial charge in [0, 0.05) is 19.6 Å². The normalized spacial score (nSPS) is 28.9. The van der Waals surface area contributed by atoms with E-state index < -0.39 is 0 Å². The van der Waals surface area contributed by atoms with Crippen LogP contribution in [0.15, 0.2) is 0 Å². The molecule has 0 saturated heterocycles. The van der Waals surface area contributed by atoms with Crippen molar-refractivity contribution in [2.75, 3.05) is 19.6 Å². The molecule has 2 heteroatoms. The molecule has 3 fully saturated rings. The van der Waals surface area contributed by atoms with Crippen molar-refractivity contribution in [2.45, 2.75) is 57.0 Å². The Morgan fingerprint density at radius 1 is 0.938 bits per heavy atom. The van der Waals surface area contributed by atoms with Gasteiger partial charge in [0.25, 0.3) is 0 Å². The van der Waals surface area contributed by atoms with Gasteiger partial charge in [-0.2, -0.15) is 0 Å². The third-order valence-corrected chi connectivity index (χ3v) is 4.48. The molecule has 0 bridgehead atoms. The molecule has 16 heavy (non-hydrogen) atoms. The first-order valence-electron chi connectivity index (χ1n) is 7.18. The second-order valence-electron chi connectivity index (χ2n) is 6.51. The van der Waals surface area contributed by atoms with Gasteiger partial charge < -0.3 is 5.11 Å². The predicted octanol–water partition coefficient (Wildman–Crippen LogP) is 2.41. The molecule has 0 radical (unpaired) electrons. The van der Waals surface area contributed by atoms with Crippen molar-refractivity contribution in [2.24, 2.45) is 11.8 Å². The maximum atomic E-state index is 10.5. The summed E-state index contributed by atoms with van der Waals surface area (Å²) >= 11 is 0. The fourth-order valence-electron chi connectivity index (χ4n) is 3.14. The lowest BCUT2D eigenvalue weighted by Crippen LogP contribution is -2.42. The Labute approximate surface area is 99.0 Å². The molecule has 0 aromatic heterocycles. The highest BCUT2D eigenvalue weighted by atomic mass is 16.3. The van der Waals surface area contributed by atoms with Gasteiger partial charge >= 0.3 is 0 Å². The standard InChI is InChI=1S/C14H25NO/c16-14(7-1-2-8-14)11-15(9-12-3-4-12)10-13-5-6-13/h12-13,16H,1-11H2. The zero-order valence-corrected chi connectivity index (χ0v) is 10.3. The molecular weight excluding hydrogens is 198 g/mol. The smallest absolute Gasteiger partial charge is 0.0774 e. The van der Waals surface area contributed by atoms with Crippen LogP contribution in [0.25, 0.3) is 0 Å². The van der Waals surface area contributed by atoms with E-state index in [1.807, 2.05) is 0 Å². The molecule has 2 nitrogen and oxygen atoms in total. The third-order valence-electron chi connectivity index (χ3n) is 4.48. The number of rotatable bonds is 6. The monoisotopic (exact) mass is 223 g/mol. The van der Waals surface area contributed by atoms with E-state index in [0.717, 1.165) is 31.2 Å². The average Bonchev–Trinajstić information content (AvgIpc) is 3.12. The second kappa shape index (κ2) is 4.30. The number of hydrogen-bond donors (Lipinski definition) is 1. The lowest BCUT2D eigenvalue weighted by Gasteiger charge is -2.31. The summed E-state index contributed by atoms with van der Waals surface area (Å²) in [5.41, 5.74) is -0.330. The molecule has 1 N–H and O–H groups in total. The molecular formula is C14H25NO. The Hall–Kier alpha value is -0.0800. The summed E-state index contributed by atoms with van der Waals surface area (Å²) in [7, 11) is 0. The summed E-state index contributed by atoms with van der Waals surface area (Å²) in [4.78, 5) is 2.58. The van der Waals surface area contributed by atoms with Gasteiger partial charge in [-0.05, 0) is 50.4 Å². The highest BCUT2D eigenvalue weighted by Gasteiger charge is 2.36. The SMILES string of the molecule is OC1(CN(CC2CC2)CC2CC2)CCCC1. The Balaban J connectivity index is 1.52. The predicted molar refractivity (Wildman–Crippen MR) is 65.3 cm³/mol. The van der Waals surface area contributed by atoms with Gasteiger partial charge in [-0.1, -0.05) is 12.8 Å². The van der Waals surface area contributed by atoms with Crippen LogP contribution in [0.4, 0.5) is 0 Å². The van der Waals surface area contributed by atoms with Crippen molar-refractivity contribution in [1.82, 2.24) is 4.90 Å². The van der Waals surface area contributed by atoms with Crippen LogP contribution < -0.4 is 0 Å². The molecule has 0 spiro atoms. The second-order valence-corrected chi connectivity index (χ2v) is 6.51. The lowest BCUT2D eigenvalue weighted by molar-refractivity contribution is 0.00686. The Kier molecular flexibility index (Phi) is 2.97. The quantitative estimate of drug-likeness (QED) is 0.747. The first-order valence-corrected chi connectivity index (χ1v) is 7.18. The van der Waals surface area contributed by atoms with Crippen molar-refractivity contribution in [3.8, 4) is 0 Å². The summed E-state index contributed by atoms with van der Waals surface area (Å²) < 4.78 is 0. The molecule has 3 rings (SSSR count). The van der Waals surface area contributed by atoms with Crippen LogP contribution in [0.5, 0.6) is 0 Å². The first kappa shape index (κ1) is 11.0. The van der Waals surface area contributed by atoms with Crippen LogP contribution in [0, 0.1) is 11.8 Å². The van der Waals surface area contributed by atoms with Gasteiger partial charge in [0.1, 0.15) is 0 Å². The highest BCUT2D eigenvalue weighted by molar-refractivity contribution is 4.90. The van der Waals surface area contributed by atoms with E-state index in [-0.39, 0.29) is 5.60 Å². The van der Waals surface area contributed by atoms with Crippen LogP contribution in [0.3, 0.4) is 0 Å². The molecule has 0 aromatic rings. The lowest BCUT2D eigenvalue weighted by atomic mass is 10.0. The van der Waals surface area contributed by atoms with Crippen LogP contribution >= 0.6 is 0 Å². The molecule has 3 aliphatic carbocycles. The minimum atomic E-state index is -0.330. The maximum absolute atomic E-state index is 10.5. The average molecular weight is 223 g/mol. The molecule has 0 atom stereocenters. The van der Waals surface area contributed by atoms with E-state index in [1.54, 1.807) is 0 Å². The number of nitrogens with zero attached hydrogens (tertiary/aromatic N) is 1. The fourth-order valence-corrected chi connectivity index (χ4v) is 3.14. The molecule has 3 aliphatic rings. The summed E-state index contributed by atoms with van der Waals surface area (Å²) in [6, 6.07) is 0. The summed E-state index contributed by atoms with van der Waals surface area (Å²) in [5.74, 6) is 1.92. The maximum Gasteiger partial charge on any atom is 0.0774 e. The number of aliphatic hydroxyl groups is 1. The molecule has 3 saturated carbocycles. The third kappa shape index (κ3) is 2.98. The van der Waals surface area contributed by atoms with Crippen LogP contribution in [-0.2, 0) is 0 Å². The van der Waals surface area contributed by atoms with E-state index in [4.69, 9.17) is 0 Å². The summed E-state index contributed by atoms with van der Waals surface area (Å²) in [6.07, 6.45) is 10.3. The topological polar surface area (TPSA) is 23.5 Å². The Morgan fingerprint density at radius 2 is 1.44 bits per heavy atom. The van der Waals surface area contributed by atoms with Crippen LogP contribution in [0.2, 0.25) is 0 Å². The van der Waals surface area contributed by atoms with Gasteiger partial charge in [-0.25, -0.2) is 0 Å². The molecule has 92 valence electrons. The first-order chi connectivity index (χ1) is 7.73. The van der Waals surface area contributed by atoms with Crippen molar-refractivity contribution < 1.29 is 5.11 Å². The summed E-state index contributed by atoms with van der Waals surface area (Å²) in [6.45, 7) is 3.48. The number of hydrogen-bond acceptors (Lipinski definition) is 2. The van der Waals surface area contributed by atoms with E-state index in [1.165, 1.54) is 51.6 Å². The van der Waals surface area contributed by atoms with Gasteiger partial charge in [0.2, 0.25) is 0 Å². The van der Waals surface area contributed by atoms with E-state index in [9.17, 15) is 5.11 Å².